The minimum atomic E-state index is -0.932. The van der Waals surface area contributed by atoms with Gasteiger partial charge in [0.05, 0.1) is 0 Å². The summed E-state index contributed by atoms with van der Waals surface area (Å²) in [5, 5.41) is 11.9. The third kappa shape index (κ3) is 9.48. The molecule has 124 valence electrons. The van der Waals surface area contributed by atoms with E-state index < -0.39 is 12.0 Å². The quantitative estimate of drug-likeness (QED) is 0.535. The van der Waals surface area contributed by atoms with Crippen molar-refractivity contribution in [2.45, 2.75) is 85.1 Å². The summed E-state index contributed by atoms with van der Waals surface area (Å²) in [6.45, 7) is 8.17. The molecule has 0 aromatic carbocycles. The Morgan fingerprint density at radius 3 is 2.14 bits per heavy atom. The molecule has 0 aromatic heterocycles. The van der Waals surface area contributed by atoms with E-state index in [4.69, 9.17) is 0 Å². The lowest BCUT2D eigenvalue weighted by molar-refractivity contribution is -0.143. The number of hydrogen-bond donors (Lipinski definition) is 2. The molecule has 21 heavy (non-hydrogen) atoms. The first-order valence-electron chi connectivity index (χ1n) is 8.45. The molecule has 0 saturated heterocycles. The molecule has 2 N–H and O–H groups in total. The van der Waals surface area contributed by atoms with E-state index in [1.165, 1.54) is 12.8 Å². The summed E-state index contributed by atoms with van der Waals surface area (Å²) in [5.41, 5.74) is 0. The lowest BCUT2D eigenvalue weighted by atomic mass is 9.94. The van der Waals surface area contributed by atoms with Gasteiger partial charge in [0.25, 0.3) is 0 Å². The van der Waals surface area contributed by atoms with Crippen LogP contribution in [0.25, 0.3) is 0 Å². The molecule has 0 aliphatic heterocycles. The van der Waals surface area contributed by atoms with Gasteiger partial charge in [-0.15, -0.1) is 0 Å². The van der Waals surface area contributed by atoms with Crippen LogP contribution in [-0.2, 0) is 9.59 Å². The SMILES string of the molecule is CCCCCCC(CCC)C(=O)N[C@@H](CC(C)C)C(=O)O. The number of unbranched alkanes of at least 4 members (excludes halogenated alkanes) is 3. The van der Waals surface area contributed by atoms with Gasteiger partial charge in [0.1, 0.15) is 6.04 Å². The van der Waals surface area contributed by atoms with Gasteiger partial charge in [-0.25, -0.2) is 4.79 Å². The number of carbonyl (C=O) groups excluding carboxylic acids is 1. The summed E-state index contributed by atoms with van der Waals surface area (Å²) in [6.07, 6.45) is 7.72. The van der Waals surface area contributed by atoms with Crippen LogP contribution in [0, 0.1) is 11.8 Å². The van der Waals surface area contributed by atoms with Gasteiger partial charge in [-0.3, -0.25) is 4.79 Å². The molecule has 0 radical (unpaired) electrons. The van der Waals surface area contributed by atoms with Gasteiger partial charge < -0.3 is 10.4 Å². The predicted octanol–water partition coefficient (Wildman–Crippen LogP) is 3.99. The Morgan fingerprint density at radius 2 is 1.67 bits per heavy atom. The molecule has 1 unspecified atom stereocenters. The third-order valence-electron chi connectivity index (χ3n) is 3.74. The fourth-order valence-electron chi connectivity index (χ4n) is 2.55. The highest BCUT2D eigenvalue weighted by Crippen LogP contribution is 2.17. The maximum absolute atomic E-state index is 12.3. The molecular formula is C17H33NO3. The summed E-state index contributed by atoms with van der Waals surface area (Å²) in [7, 11) is 0. The van der Waals surface area contributed by atoms with Crippen LogP contribution in [-0.4, -0.2) is 23.0 Å². The monoisotopic (exact) mass is 299 g/mol. The van der Waals surface area contributed by atoms with E-state index in [0.29, 0.717) is 6.42 Å². The highest BCUT2D eigenvalue weighted by molar-refractivity contribution is 5.84. The van der Waals surface area contributed by atoms with Gasteiger partial charge >= 0.3 is 5.97 Å². The second-order valence-electron chi connectivity index (χ2n) is 6.36. The van der Waals surface area contributed by atoms with Crippen LogP contribution < -0.4 is 5.32 Å². The molecule has 1 amide bonds. The van der Waals surface area contributed by atoms with Crippen LogP contribution in [0.1, 0.15) is 79.1 Å². The molecule has 0 heterocycles. The van der Waals surface area contributed by atoms with Crippen LogP contribution in [0.5, 0.6) is 0 Å². The first-order valence-corrected chi connectivity index (χ1v) is 8.45. The summed E-state index contributed by atoms with van der Waals surface area (Å²) in [4.78, 5) is 23.6. The van der Waals surface area contributed by atoms with Crippen molar-refractivity contribution in [3.05, 3.63) is 0 Å². The highest BCUT2D eigenvalue weighted by Gasteiger charge is 2.25. The molecule has 0 aliphatic carbocycles. The minimum absolute atomic E-state index is 0.0409. The van der Waals surface area contributed by atoms with Crippen molar-refractivity contribution in [3.8, 4) is 0 Å². The number of carboxylic acids is 1. The van der Waals surface area contributed by atoms with Gasteiger partial charge in [-0.1, -0.05) is 59.8 Å². The van der Waals surface area contributed by atoms with E-state index in [1.54, 1.807) is 0 Å². The Bertz CT molecular complexity index is 302. The van der Waals surface area contributed by atoms with Gasteiger partial charge in [-0.2, -0.15) is 0 Å². The smallest absolute Gasteiger partial charge is 0.326 e. The Labute approximate surface area is 129 Å². The predicted molar refractivity (Wildman–Crippen MR) is 86.2 cm³/mol. The van der Waals surface area contributed by atoms with Gasteiger partial charge in [-0.05, 0) is 25.2 Å². The van der Waals surface area contributed by atoms with E-state index in [0.717, 1.165) is 32.1 Å². The number of rotatable bonds is 12. The van der Waals surface area contributed by atoms with Gasteiger partial charge in [0.2, 0.25) is 5.91 Å². The number of aliphatic carboxylic acids is 1. The van der Waals surface area contributed by atoms with E-state index in [-0.39, 0.29) is 17.7 Å². The summed E-state index contributed by atoms with van der Waals surface area (Å²) >= 11 is 0. The number of carbonyl (C=O) groups is 2. The van der Waals surface area contributed by atoms with Crippen LogP contribution in [0.15, 0.2) is 0 Å². The highest BCUT2D eigenvalue weighted by atomic mass is 16.4. The van der Waals surface area contributed by atoms with Crippen LogP contribution in [0.2, 0.25) is 0 Å². The second-order valence-corrected chi connectivity index (χ2v) is 6.36. The number of hydrogen-bond acceptors (Lipinski definition) is 2. The Morgan fingerprint density at radius 1 is 1.00 bits per heavy atom. The summed E-state index contributed by atoms with van der Waals surface area (Å²) < 4.78 is 0. The molecule has 0 rings (SSSR count). The van der Waals surface area contributed by atoms with Gasteiger partial charge in [0, 0.05) is 5.92 Å². The third-order valence-corrected chi connectivity index (χ3v) is 3.74. The molecule has 4 heteroatoms. The fraction of sp³-hybridized carbons (Fsp3) is 0.882. The molecule has 0 bridgehead atoms. The average Bonchev–Trinajstić information content (AvgIpc) is 2.40. The Hall–Kier alpha value is -1.06. The maximum Gasteiger partial charge on any atom is 0.326 e. The zero-order valence-electron chi connectivity index (χ0n) is 14.2. The first kappa shape index (κ1) is 19.9. The van der Waals surface area contributed by atoms with Crippen molar-refractivity contribution in [3.63, 3.8) is 0 Å². The standard InChI is InChI=1S/C17H33NO3/c1-5-7-8-9-11-14(10-6-2)16(19)18-15(17(20)21)12-13(3)4/h13-15H,5-12H2,1-4H3,(H,18,19)(H,20,21)/t14?,15-/m0/s1. The number of amides is 1. The van der Waals surface area contributed by atoms with Crippen LogP contribution >= 0.6 is 0 Å². The van der Waals surface area contributed by atoms with Crippen molar-refractivity contribution in [2.24, 2.45) is 11.8 Å². The van der Waals surface area contributed by atoms with Crippen molar-refractivity contribution < 1.29 is 14.7 Å². The van der Waals surface area contributed by atoms with E-state index in [1.807, 2.05) is 13.8 Å². The molecule has 2 atom stereocenters. The van der Waals surface area contributed by atoms with Crippen molar-refractivity contribution in [2.75, 3.05) is 0 Å². The summed E-state index contributed by atoms with van der Waals surface area (Å²) in [6, 6.07) is -0.757. The van der Waals surface area contributed by atoms with Crippen LogP contribution in [0.3, 0.4) is 0 Å². The first-order chi connectivity index (χ1) is 9.92. The van der Waals surface area contributed by atoms with Crippen molar-refractivity contribution >= 4 is 11.9 Å². The van der Waals surface area contributed by atoms with E-state index in [9.17, 15) is 14.7 Å². The molecule has 0 spiro atoms. The van der Waals surface area contributed by atoms with E-state index >= 15 is 0 Å². The van der Waals surface area contributed by atoms with E-state index in [2.05, 4.69) is 19.2 Å². The molecule has 0 saturated carbocycles. The zero-order valence-corrected chi connectivity index (χ0v) is 14.2. The number of nitrogens with one attached hydrogen (secondary N) is 1. The maximum atomic E-state index is 12.3. The molecule has 0 aromatic rings. The van der Waals surface area contributed by atoms with Crippen molar-refractivity contribution in [1.82, 2.24) is 5.32 Å². The molecule has 4 nitrogen and oxygen atoms in total. The van der Waals surface area contributed by atoms with Crippen LogP contribution in [0.4, 0.5) is 0 Å². The summed E-state index contributed by atoms with van der Waals surface area (Å²) in [5.74, 6) is -0.805. The number of carboxylic acid groups (broad SMARTS) is 1. The van der Waals surface area contributed by atoms with Crippen molar-refractivity contribution in [1.29, 1.82) is 0 Å². The zero-order chi connectivity index (χ0) is 16.3. The normalized spacial score (nSPS) is 14.0. The lowest BCUT2D eigenvalue weighted by Crippen LogP contribution is -2.44. The largest absolute Gasteiger partial charge is 0.480 e. The Balaban J connectivity index is 4.45. The fourth-order valence-corrected chi connectivity index (χ4v) is 2.55. The lowest BCUT2D eigenvalue weighted by Gasteiger charge is -2.21. The molecule has 0 aliphatic rings. The van der Waals surface area contributed by atoms with Gasteiger partial charge in [0.15, 0.2) is 0 Å². The molecule has 0 fully saturated rings. The second kappa shape index (κ2) is 11.6. The Kier molecular flexibility index (Phi) is 11.0. The minimum Gasteiger partial charge on any atom is -0.480 e. The average molecular weight is 299 g/mol. The topological polar surface area (TPSA) is 66.4 Å². The molecular weight excluding hydrogens is 266 g/mol.